The van der Waals surface area contributed by atoms with Crippen molar-refractivity contribution in [1.82, 2.24) is 14.3 Å². The minimum Gasteiger partial charge on any atom is -0.298 e. The Morgan fingerprint density at radius 3 is 3.00 bits per heavy atom. The molecule has 2 aromatic heterocycles. The van der Waals surface area contributed by atoms with E-state index in [1.54, 1.807) is 0 Å². The molecule has 0 spiro atoms. The van der Waals surface area contributed by atoms with Crippen LogP contribution in [0.5, 0.6) is 0 Å². The van der Waals surface area contributed by atoms with Crippen molar-refractivity contribution >= 4 is 17.1 Å². The molecule has 3 rings (SSSR count). The van der Waals surface area contributed by atoms with Crippen molar-refractivity contribution in [2.45, 2.75) is 51.6 Å². The number of pyridine rings is 1. The van der Waals surface area contributed by atoms with E-state index in [-0.39, 0.29) is 0 Å². The second-order valence-electron chi connectivity index (χ2n) is 5.97. The van der Waals surface area contributed by atoms with Crippen LogP contribution in [0.3, 0.4) is 0 Å². The molecule has 1 aliphatic heterocycles. The van der Waals surface area contributed by atoms with E-state index in [0.717, 1.165) is 22.9 Å². The van der Waals surface area contributed by atoms with Crippen LogP contribution in [0.2, 0.25) is 5.15 Å². The molecular formula is C16H22ClN3. The van der Waals surface area contributed by atoms with E-state index < -0.39 is 0 Å². The predicted molar refractivity (Wildman–Crippen MR) is 83.4 cm³/mol. The highest BCUT2D eigenvalue weighted by Crippen LogP contribution is 2.24. The molecule has 0 aromatic carbocycles. The lowest BCUT2D eigenvalue weighted by Gasteiger charge is -2.38. The molecule has 4 heteroatoms. The summed E-state index contributed by atoms with van der Waals surface area (Å²) in [6, 6.07) is 7.15. The number of hydrogen-bond acceptors (Lipinski definition) is 2. The van der Waals surface area contributed by atoms with Crippen LogP contribution >= 0.6 is 11.6 Å². The van der Waals surface area contributed by atoms with Crippen LogP contribution in [0.25, 0.3) is 5.52 Å². The maximum atomic E-state index is 6.33. The Labute approximate surface area is 125 Å². The summed E-state index contributed by atoms with van der Waals surface area (Å²) in [6.07, 6.45) is 6.81. The zero-order valence-electron chi connectivity index (χ0n) is 12.2. The Bertz CT molecular complexity index is 590. The van der Waals surface area contributed by atoms with Gasteiger partial charge in [-0.15, -0.1) is 0 Å². The Kier molecular flexibility index (Phi) is 3.99. The zero-order valence-corrected chi connectivity index (χ0v) is 13.0. The van der Waals surface area contributed by atoms with Crippen LogP contribution in [0, 0.1) is 0 Å². The van der Waals surface area contributed by atoms with E-state index >= 15 is 0 Å². The first-order valence-corrected chi connectivity index (χ1v) is 7.91. The molecule has 0 N–H and O–H groups in total. The highest BCUT2D eigenvalue weighted by Gasteiger charge is 2.26. The Morgan fingerprint density at radius 1 is 1.35 bits per heavy atom. The lowest BCUT2D eigenvalue weighted by atomic mass is 9.97. The summed E-state index contributed by atoms with van der Waals surface area (Å²) < 4.78 is 2.08. The summed E-state index contributed by atoms with van der Waals surface area (Å²) >= 11 is 6.33. The smallest absolute Gasteiger partial charge is 0.115 e. The molecule has 1 aliphatic rings. The quantitative estimate of drug-likeness (QED) is 0.802. The van der Waals surface area contributed by atoms with Crippen molar-refractivity contribution in [2.24, 2.45) is 0 Å². The third-order valence-electron chi connectivity index (χ3n) is 4.33. The largest absolute Gasteiger partial charge is 0.298 e. The van der Waals surface area contributed by atoms with Crippen molar-refractivity contribution in [3.8, 4) is 0 Å². The Balaban J connectivity index is 1.88. The Morgan fingerprint density at radius 2 is 2.20 bits per heavy atom. The molecule has 1 fully saturated rings. The second kappa shape index (κ2) is 5.74. The highest BCUT2D eigenvalue weighted by atomic mass is 35.5. The van der Waals surface area contributed by atoms with Crippen LogP contribution in [0.1, 0.15) is 38.9 Å². The lowest BCUT2D eigenvalue weighted by molar-refractivity contribution is 0.110. The first-order valence-electron chi connectivity index (χ1n) is 7.53. The van der Waals surface area contributed by atoms with Gasteiger partial charge in [-0.25, -0.2) is 4.98 Å². The molecule has 0 radical (unpaired) electrons. The van der Waals surface area contributed by atoms with Gasteiger partial charge in [0.15, 0.2) is 0 Å². The fourth-order valence-electron chi connectivity index (χ4n) is 3.35. The van der Waals surface area contributed by atoms with E-state index in [4.69, 9.17) is 11.6 Å². The summed E-state index contributed by atoms with van der Waals surface area (Å²) in [6.45, 7) is 5.78. The number of halogens is 1. The van der Waals surface area contributed by atoms with Gasteiger partial charge in [0.2, 0.25) is 0 Å². The average molecular weight is 292 g/mol. The molecule has 20 heavy (non-hydrogen) atoms. The number of imidazole rings is 1. The molecule has 0 saturated carbocycles. The fourth-order valence-corrected chi connectivity index (χ4v) is 3.61. The molecule has 1 unspecified atom stereocenters. The Hall–Kier alpha value is -1.06. The van der Waals surface area contributed by atoms with Crippen LogP contribution < -0.4 is 0 Å². The molecule has 3 heterocycles. The lowest BCUT2D eigenvalue weighted by Crippen LogP contribution is -2.45. The number of hydrogen-bond donors (Lipinski definition) is 0. The number of fused-ring (bicyclic) bond motifs is 1. The van der Waals surface area contributed by atoms with Gasteiger partial charge in [-0.05, 0) is 45.4 Å². The van der Waals surface area contributed by atoms with E-state index in [1.165, 1.54) is 25.8 Å². The minimum atomic E-state index is 0.589. The molecule has 0 aliphatic carbocycles. The monoisotopic (exact) mass is 291 g/mol. The molecule has 0 bridgehead atoms. The van der Waals surface area contributed by atoms with Gasteiger partial charge in [-0.2, -0.15) is 0 Å². The maximum absolute atomic E-state index is 6.33. The van der Waals surface area contributed by atoms with E-state index in [0.29, 0.717) is 12.1 Å². The maximum Gasteiger partial charge on any atom is 0.115 e. The molecule has 108 valence electrons. The molecule has 0 amide bonds. The van der Waals surface area contributed by atoms with Crippen molar-refractivity contribution in [3.63, 3.8) is 0 Å². The normalized spacial score (nSPS) is 20.9. The fraction of sp³-hybridized carbons (Fsp3) is 0.562. The van der Waals surface area contributed by atoms with Gasteiger partial charge in [-0.3, -0.25) is 9.30 Å². The second-order valence-corrected chi connectivity index (χ2v) is 6.36. The first kappa shape index (κ1) is 13.9. The summed E-state index contributed by atoms with van der Waals surface area (Å²) in [5, 5.41) is 0.752. The average Bonchev–Trinajstić information content (AvgIpc) is 2.84. The predicted octanol–water partition coefficient (Wildman–Crippen LogP) is 3.79. The minimum absolute atomic E-state index is 0.589. The zero-order chi connectivity index (χ0) is 14.1. The summed E-state index contributed by atoms with van der Waals surface area (Å²) in [4.78, 5) is 7.21. The van der Waals surface area contributed by atoms with Crippen LogP contribution in [-0.2, 0) is 6.42 Å². The topological polar surface area (TPSA) is 20.5 Å². The SMILES string of the molecule is CC(C)N1CCCCC1Cc1ncc2cccc(Cl)n12. The molecule has 1 saturated heterocycles. The summed E-state index contributed by atoms with van der Waals surface area (Å²) in [5.41, 5.74) is 1.08. The third-order valence-corrected chi connectivity index (χ3v) is 4.63. The molecular weight excluding hydrogens is 270 g/mol. The van der Waals surface area contributed by atoms with Crippen LogP contribution in [0.4, 0.5) is 0 Å². The molecule has 1 atom stereocenters. The highest BCUT2D eigenvalue weighted by molar-refractivity contribution is 6.29. The van der Waals surface area contributed by atoms with Crippen LogP contribution in [0.15, 0.2) is 24.4 Å². The van der Waals surface area contributed by atoms with Gasteiger partial charge in [-0.1, -0.05) is 24.1 Å². The van der Waals surface area contributed by atoms with Gasteiger partial charge >= 0.3 is 0 Å². The number of likely N-dealkylation sites (tertiary alicyclic amines) is 1. The third kappa shape index (κ3) is 2.57. The summed E-state index contributed by atoms with van der Waals surface area (Å²) in [5.74, 6) is 1.09. The van der Waals surface area contributed by atoms with Crippen molar-refractivity contribution in [1.29, 1.82) is 0 Å². The summed E-state index contributed by atoms with van der Waals surface area (Å²) in [7, 11) is 0. The van der Waals surface area contributed by atoms with Gasteiger partial charge in [0.05, 0.1) is 11.7 Å². The van der Waals surface area contributed by atoms with Crippen LogP contribution in [-0.4, -0.2) is 32.9 Å². The number of nitrogens with zero attached hydrogens (tertiary/aromatic N) is 3. The number of piperidine rings is 1. The van der Waals surface area contributed by atoms with Gasteiger partial charge in [0, 0.05) is 18.5 Å². The van der Waals surface area contributed by atoms with E-state index in [1.807, 2.05) is 18.3 Å². The number of aromatic nitrogens is 2. The first-order chi connectivity index (χ1) is 9.66. The van der Waals surface area contributed by atoms with Gasteiger partial charge in [0.25, 0.3) is 0 Å². The van der Waals surface area contributed by atoms with Crippen molar-refractivity contribution in [2.75, 3.05) is 6.54 Å². The van der Waals surface area contributed by atoms with Crippen molar-refractivity contribution < 1.29 is 0 Å². The standard InChI is InChI=1S/C16H22ClN3/c1-12(2)19-9-4-3-6-13(19)10-16-18-11-14-7-5-8-15(17)20(14)16/h5,7-8,11-13H,3-4,6,9-10H2,1-2H3. The van der Waals surface area contributed by atoms with E-state index in [9.17, 15) is 0 Å². The van der Waals surface area contributed by atoms with Gasteiger partial charge in [0.1, 0.15) is 11.0 Å². The number of rotatable bonds is 3. The molecule has 2 aromatic rings. The van der Waals surface area contributed by atoms with E-state index in [2.05, 4.69) is 34.2 Å². The molecule has 3 nitrogen and oxygen atoms in total. The van der Waals surface area contributed by atoms with Crippen molar-refractivity contribution in [3.05, 3.63) is 35.4 Å². The van der Waals surface area contributed by atoms with Gasteiger partial charge < -0.3 is 0 Å².